The maximum atomic E-state index is 13.4. The molecule has 0 fully saturated rings. The quantitative estimate of drug-likeness (QED) is 0.506. The van der Waals surface area contributed by atoms with Crippen molar-refractivity contribution in [1.82, 2.24) is 14.8 Å². The molecular weight excluding hydrogens is 383 g/mol. The number of carbonyl (C=O) groups is 1. The summed E-state index contributed by atoms with van der Waals surface area (Å²) in [6.07, 6.45) is 0. The average molecular weight is 402 g/mol. The third kappa shape index (κ3) is 4.20. The van der Waals surface area contributed by atoms with E-state index < -0.39 is 11.7 Å². The molecule has 0 aliphatic carbocycles. The number of nitrogens with one attached hydrogen (secondary N) is 1. The number of rotatable bonds is 6. The van der Waals surface area contributed by atoms with Crippen molar-refractivity contribution in [2.45, 2.75) is 6.92 Å². The van der Waals surface area contributed by atoms with Crippen molar-refractivity contribution in [1.29, 1.82) is 0 Å². The van der Waals surface area contributed by atoms with Crippen LogP contribution in [0.4, 0.5) is 10.1 Å². The van der Waals surface area contributed by atoms with Gasteiger partial charge in [-0.2, -0.15) is 0 Å². The van der Waals surface area contributed by atoms with Crippen LogP contribution in [0.1, 0.15) is 17.5 Å². The molecule has 4 rings (SSSR count). The van der Waals surface area contributed by atoms with Gasteiger partial charge in [-0.05, 0) is 49.4 Å². The van der Waals surface area contributed by atoms with E-state index in [4.69, 9.17) is 4.74 Å². The van der Waals surface area contributed by atoms with Gasteiger partial charge < -0.3 is 10.1 Å². The standard InChI is InChI=1S/C23H19FN4O2/c1-2-30-20-13-11-19(12-14-20)28-22(16-7-4-3-5-8-16)26-21(27-28)23(29)25-18-10-6-9-17(24)15-18/h3-15H,2H2,1H3,(H,25,29). The topological polar surface area (TPSA) is 69.0 Å². The molecule has 4 aromatic rings. The monoisotopic (exact) mass is 402 g/mol. The molecule has 0 radical (unpaired) electrons. The molecule has 0 aliphatic heterocycles. The molecule has 0 saturated carbocycles. The Morgan fingerprint density at radius 1 is 1.03 bits per heavy atom. The van der Waals surface area contributed by atoms with Crippen LogP contribution in [0, 0.1) is 5.82 Å². The maximum absolute atomic E-state index is 13.4. The zero-order valence-corrected chi connectivity index (χ0v) is 16.2. The van der Waals surface area contributed by atoms with Gasteiger partial charge >= 0.3 is 0 Å². The number of ether oxygens (including phenoxy) is 1. The summed E-state index contributed by atoms with van der Waals surface area (Å²) < 4.78 is 20.5. The summed E-state index contributed by atoms with van der Waals surface area (Å²) >= 11 is 0. The van der Waals surface area contributed by atoms with E-state index in [0.29, 0.717) is 18.1 Å². The minimum atomic E-state index is -0.525. The van der Waals surface area contributed by atoms with Gasteiger partial charge in [-0.1, -0.05) is 36.4 Å². The molecule has 150 valence electrons. The molecular formula is C23H19FN4O2. The lowest BCUT2D eigenvalue weighted by Crippen LogP contribution is -2.14. The first-order chi connectivity index (χ1) is 14.6. The highest BCUT2D eigenvalue weighted by molar-refractivity contribution is 6.01. The fourth-order valence-electron chi connectivity index (χ4n) is 2.97. The van der Waals surface area contributed by atoms with E-state index in [0.717, 1.165) is 17.0 Å². The zero-order valence-electron chi connectivity index (χ0n) is 16.2. The highest BCUT2D eigenvalue weighted by Crippen LogP contribution is 2.23. The lowest BCUT2D eigenvalue weighted by Gasteiger charge is -2.07. The second-order valence-electron chi connectivity index (χ2n) is 6.43. The summed E-state index contributed by atoms with van der Waals surface area (Å²) in [4.78, 5) is 17.1. The number of hydrogen-bond donors (Lipinski definition) is 1. The second-order valence-corrected chi connectivity index (χ2v) is 6.43. The Bertz CT molecular complexity index is 1160. The molecule has 0 atom stereocenters. The van der Waals surface area contributed by atoms with Gasteiger partial charge in [-0.25, -0.2) is 14.1 Å². The first-order valence-electron chi connectivity index (χ1n) is 9.46. The van der Waals surface area contributed by atoms with Crippen molar-refractivity contribution >= 4 is 11.6 Å². The minimum absolute atomic E-state index is 0.0213. The third-order valence-corrected chi connectivity index (χ3v) is 4.32. The Hall–Kier alpha value is -4.00. The molecule has 1 N–H and O–H groups in total. The molecule has 0 saturated heterocycles. The molecule has 0 spiro atoms. The molecule has 0 aliphatic rings. The molecule has 1 amide bonds. The van der Waals surface area contributed by atoms with Crippen molar-refractivity contribution in [3.63, 3.8) is 0 Å². The Kier molecular flexibility index (Phi) is 5.52. The van der Waals surface area contributed by atoms with Gasteiger partial charge in [0.15, 0.2) is 5.82 Å². The van der Waals surface area contributed by atoms with E-state index >= 15 is 0 Å². The molecule has 30 heavy (non-hydrogen) atoms. The van der Waals surface area contributed by atoms with Crippen molar-refractivity contribution in [2.24, 2.45) is 0 Å². The van der Waals surface area contributed by atoms with Crippen LogP contribution in [-0.4, -0.2) is 27.3 Å². The third-order valence-electron chi connectivity index (χ3n) is 4.32. The molecule has 0 unspecified atom stereocenters. The first kappa shape index (κ1) is 19.3. The Labute approximate surface area is 173 Å². The summed E-state index contributed by atoms with van der Waals surface area (Å²) in [5, 5.41) is 7.04. The second kappa shape index (κ2) is 8.57. The molecule has 1 heterocycles. The van der Waals surface area contributed by atoms with E-state index in [1.54, 1.807) is 10.7 Å². The number of halogens is 1. The summed E-state index contributed by atoms with van der Waals surface area (Å²) in [5.74, 6) is 0.274. The van der Waals surface area contributed by atoms with Gasteiger partial charge in [0, 0.05) is 11.3 Å². The predicted molar refractivity (Wildman–Crippen MR) is 112 cm³/mol. The molecule has 3 aromatic carbocycles. The maximum Gasteiger partial charge on any atom is 0.295 e. The van der Waals surface area contributed by atoms with E-state index in [9.17, 15) is 9.18 Å². The van der Waals surface area contributed by atoms with Crippen LogP contribution in [0.2, 0.25) is 0 Å². The van der Waals surface area contributed by atoms with Crippen molar-refractivity contribution in [2.75, 3.05) is 11.9 Å². The van der Waals surface area contributed by atoms with Gasteiger partial charge in [-0.15, -0.1) is 5.10 Å². The first-order valence-corrected chi connectivity index (χ1v) is 9.46. The number of benzene rings is 3. The van der Waals surface area contributed by atoms with Crippen molar-refractivity contribution in [3.8, 4) is 22.8 Å². The van der Waals surface area contributed by atoms with Crippen molar-refractivity contribution in [3.05, 3.63) is 90.5 Å². The van der Waals surface area contributed by atoms with Crippen LogP contribution < -0.4 is 10.1 Å². The molecule has 7 heteroatoms. The SMILES string of the molecule is CCOc1ccc(-n2nc(C(=O)Nc3cccc(F)c3)nc2-c2ccccc2)cc1. The molecule has 0 bridgehead atoms. The van der Waals surface area contributed by atoms with Crippen LogP contribution >= 0.6 is 0 Å². The normalized spacial score (nSPS) is 10.6. The Morgan fingerprint density at radius 2 is 1.80 bits per heavy atom. The van der Waals surface area contributed by atoms with Crippen LogP contribution in [0.5, 0.6) is 5.75 Å². The smallest absolute Gasteiger partial charge is 0.295 e. The highest BCUT2D eigenvalue weighted by Gasteiger charge is 2.19. The number of nitrogens with zero attached hydrogens (tertiary/aromatic N) is 3. The zero-order chi connectivity index (χ0) is 20.9. The number of hydrogen-bond acceptors (Lipinski definition) is 4. The van der Waals surface area contributed by atoms with E-state index in [-0.39, 0.29) is 5.82 Å². The number of anilines is 1. The summed E-state index contributed by atoms with van der Waals surface area (Å²) in [6.45, 7) is 2.49. The number of amides is 1. The fourth-order valence-corrected chi connectivity index (χ4v) is 2.97. The van der Waals surface area contributed by atoms with Crippen LogP contribution in [0.25, 0.3) is 17.1 Å². The molecule has 1 aromatic heterocycles. The largest absolute Gasteiger partial charge is 0.494 e. The Balaban J connectivity index is 1.71. The van der Waals surface area contributed by atoms with E-state index in [2.05, 4.69) is 15.4 Å². The number of aromatic nitrogens is 3. The van der Waals surface area contributed by atoms with Gasteiger partial charge in [0.05, 0.1) is 12.3 Å². The number of carbonyl (C=O) groups excluding carboxylic acids is 1. The van der Waals surface area contributed by atoms with Gasteiger partial charge in [0.1, 0.15) is 11.6 Å². The van der Waals surface area contributed by atoms with Crippen LogP contribution in [-0.2, 0) is 0 Å². The lowest BCUT2D eigenvalue weighted by molar-refractivity contribution is 0.101. The average Bonchev–Trinajstić information content (AvgIpc) is 3.21. The summed E-state index contributed by atoms with van der Waals surface area (Å²) in [7, 11) is 0. The fraction of sp³-hybridized carbons (Fsp3) is 0.0870. The van der Waals surface area contributed by atoms with E-state index in [1.165, 1.54) is 18.2 Å². The summed E-state index contributed by atoms with van der Waals surface area (Å²) in [5.41, 5.74) is 1.87. The summed E-state index contributed by atoms with van der Waals surface area (Å²) in [6, 6.07) is 22.5. The highest BCUT2D eigenvalue weighted by atomic mass is 19.1. The van der Waals surface area contributed by atoms with Crippen LogP contribution in [0.15, 0.2) is 78.9 Å². The lowest BCUT2D eigenvalue weighted by atomic mass is 10.2. The van der Waals surface area contributed by atoms with Crippen LogP contribution in [0.3, 0.4) is 0 Å². The van der Waals surface area contributed by atoms with Crippen molar-refractivity contribution < 1.29 is 13.9 Å². The Morgan fingerprint density at radius 3 is 2.50 bits per heavy atom. The van der Waals surface area contributed by atoms with Gasteiger partial charge in [0.2, 0.25) is 5.82 Å². The predicted octanol–water partition coefficient (Wildman–Crippen LogP) is 4.72. The van der Waals surface area contributed by atoms with Gasteiger partial charge in [-0.3, -0.25) is 4.79 Å². The molecule has 6 nitrogen and oxygen atoms in total. The van der Waals surface area contributed by atoms with E-state index in [1.807, 2.05) is 61.5 Å². The minimum Gasteiger partial charge on any atom is -0.494 e. The van der Waals surface area contributed by atoms with Gasteiger partial charge in [0.25, 0.3) is 5.91 Å².